The van der Waals surface area contributed by atoms with Crippen LogP contribution >= 0.6 is 11.6 Å². The molecule has 0 amide bonds. The molecular formula is C12H18ClN3O2. The summed E-state index contributed by atoms with van der Waals surface area (Å²) >= 11 is 5.72. The number of esters is 1. The van der Waals surface area contributed by atoms with Crippen molar-refractivity contribution in [3.63, 3.8) is 0 Å². The van der Waals surface area contributed by atoms with Gasteiger partial charge < -0.3 is 10.1 Å². The number of nitrogens with zero attached hydrogens (tertiary/aromatic N) is 2. The fraction of sp³-hybridized carbons (Fsp3) is 0.583. The molecule has 1 aromatic heterocycles. The van der Waals surface area contributed by atoms with Crippen molar-refractivity contribution in [2.24, 2.45) is 5.41 Å². The van der Waals surface area contributed by atoms with Gasteiger partial charge in [-0.05, 0) is 23.1 Å². The van der Waals surface area contributed by atoms with Crippen molar-refractivity contribution in [1.82, 2.24) is 9.97 Å². The monoisotopic (exact) mass is 271 g/mol. The van der Waals surface area contributed by atoms with Crippen LogP contribution in [0.5, 0.6) is 0 Å². The van der Waals surface area contributed by atoms with Crippen molar-refractivity contribution >= 4 is 23.4 Å². The van der Waals surface area contributed by atoms with Crippen molar-refractivity contribution in [1.29, 1.82) is 0 Å². The Labute approximate surface area is 112 Å². The average molecular weight is 272 g/mol. The number of anilines is 1. The molecule has 0 radical (unpaired) electrons. The molecule has 0 aliphatic rings. The van der Waals surface area contributed by atoms with Crippen molar-refractivity contribution in [2.45, 2.75) is 33.2 Å². The maximum absolute atomic E-state index is 11.4. The Morgan fingerprint density at radius 3 is 2.72 bits per heavy atom. The molecule has 5 nitrogen and oxygen atoms in total. The number of halogens is 1. The van der Waals surface area contributed by atoms with E-state index in [-0.39, 0.29) is 29.1 Å². The zero-order valence-corrected chi connectivity index (χ0v) is 11.8. The van der Waals surface area contributed by atoms with Crippen LogP contribution < -0.4 is 5.32 Å². The summed E-state index contributed by atoms with van der Waals surface area (Å²) in [6, 6.07) is 1.61. The highest BCUT2D eigenvalue weighted by Crippen LogP contribution is 2.25. The van der Waals surface area contributed by atoms with Gasteiger partial charge in [0.2, 0.25) is 5.28 Å². The molecular weight excluding hydrogens is 254 g/mol. The van der Waals surface area contributed by atoms with Gasteiger partial charge in [0.1, 0.15) is 5.82 Å². The van der Waals surface area contributed by atoms with Gasteiger partial charge in [-0.3, -0.25) is 4.79 Å². The van der Waals surface area contributed by atoms with Crippen molar-refractivity contribution in [2.75, 3.05) is 12.4 Å². The van der Waals surface area contributed by atoms with Crippen LogP contribution in [0.2, 0.25) is 5.28 Å². The summed E-state index contributed by atoms with van der Waals surface area (Å²) < 4.78 is 4.70. The van der Waals surface area contributed by atoms with E-state index in [1.807, 2.05) is 20.8 Å². The second kappa shape index (κ2) is 6.00. The number of carbonyl (C=O) groups excluding carboxylic acids is 1. The first-order chi connectivity index (χ1) is 8.32. The quantitative estimate of drug-likeness (QED) is 0.673. The maximum atomic E-state index is 11.4. The SMILES string of the molecule is COC(=O)C[C@@H](Nc1ccnc(Cl)n1)C(C)(C)C. The molecule has 1 heterocycles. The largest absolute Gasteiger partial charge is 0.469 e. The van der Waals surface area contributed by atoms with E-state index in [9.17, 15) is 4.79 Å². The Morgan fingerprint density at radius 1 is 1.56 bits per heavy atom. The average Bonchev–Trinajstić information content (AvgIpc) is 2.26. The summed E-state index contributed by atoms with van der Waals surface area (Å²) in [5, 5.41) is 3.36. The molecule has 6 heteroatoms. The molecule has 0 saturated heterocycles. The van der Waals surface area contributed by atoms with Crippen LogP contribution in [-0.2, 0) is 9.53 Å². The van der Waals surface area contributed by atoms with E-state index in [2.05, 4.69) is 15.3 Å². The number of methoxy groups -OCH3 is 1. The van der Waals surface area contributed by atoms with Crippen LogP contribution in [0.25, 0.3) is 0 Å². The van der Waals surface area contributed by atoms with Crippen LogP contribution in [0.1, 0.15) is 27.2 Å². The number of nitrogens with one attached hydrogen (secondary N) is 1. The van der Waals surface area contributed by atoms with Gasteiger partial charge in [0, 0.05) is 12.2 Å². The number of rotatable bonds is 4. The summed E-state index contributed by atoms with van der Waals surface area (Å²) in [6.45, 7) is 6.11. The number of ether oxygens (including phenoxy) is 1. The number of carbonyl (C=O) groups is 1. The van der Waals surface area contributed by atoms with Gasteiger partial charge >= 0.3 is 5.97 Å². The minimum Gasteiger partial charge on any atom is -0.469 e. The summed E-state index contributed by atoms with van der Waals surface area (Å²) in [7, 11) is 1.38. The molecule has 0 aliphatic carbocycles. The maximum Gasteiger partial charge on any atom is 0.307 e. The topological polar surface area (TPSA) is 64.1 Å². The Balaban J connectivity index is 2.82. The molecule has 0 spiro atoms. The smallest absolute Gasteiger partial charge is 0.307 e. The van der Waals surface area contributed by atoms with E-state index in [1.165, 1.54) is 7.11 Å². The lowest BCUT2D eigenvalue weighted by atomic mass is 9.85. The molecule has 1 atom stereocenters. The zero-order chi connectivity index (χ0) is 13.8. The normalized spacial score (nSPS) is 12.9. The van der Waals surface area contributed by atoms with E-state index in [0.717, 1.165) is 0 Å². The van der Waals surface area contributed by atoms with Gasteiger partial charge in [-0.25, -0.2) is 9.97 Å². The van der Waals surface area contributed by atoms with Crippen LogP contribution in [0, 0.1) is 5.41 Å². The summed E-state index contributed by atoms with van der Waals surface area (Å²) in [6.07, 6.45) is 1.83. The second-order valence-electron chi connectivity index (χ2n) is 5.05. The van der Waals surface area contributed by atoms with E-state index in [4.69, 9.17) is 16.3 Å². The number of hydrogen-bond donors (Lipinski definition) is 1. The van der Waals surface area contributed by atoms with Gasteiger partial charge in [-0.15, -0.1) is 0 Å². The highest BCUT2D eigenvalue weighted by Gasteiger charge is 2.27. The lowest BCUT2D eigenvalue weighted by Gasteiger charge is -2.31. The molecule has 0 saturated carbocycles. The molecule has 1 rings (SSSR count). The summed E-state index contributed by atoms with van der Waals surface area (Å²) in [5.41, 5.74) is -0.119. The Bertz CT molecular complexity index is 418. The first-order valence-electron chi connectivity index (χ1n) is 5.65. The first kappa shape index (κ1) is 14.7. The minimum absolute atomic E-state index is 0.101. The van der Waals surface area contributed by atoms with Crippen molar-refractivity contribution in [3.05, 3.63) is 17.5 Å². The molecule has 18 heavy (non-hydrogen) atoms. The van der Waals surface area contributed by atoms with Crippen molar-refractivity contribution in [3.8, 4) is 0 Å². The molecule has 100 valence electrons. The van der Waals surface area contributed by atoms with Gasteiger partial charge in [0.05, 0.1) is 13.5 Å². The molecule has 1 N–H and O–H groups in total. The first-order valence-corrected chi connectivity index (χ1v) is 6.02. The lowest BCUT2D eigenvalue weighted by Crippen LogP contribution is -2.36. The van der Waals surface area contributed by atoms with Gasteiger partial charge in [0.25, 0.3) is 0 Å². The van der Waals surface area contributed by atoms with Crippen LogP contribution in [-0.4, -0.2) is 29.1 Å². The Hall–Kier alpha value is -1.36. The standard InChI is InChI=1S/C12H18ClN3O2/c1-12(2,3)8(7-10(17)18-4)15-9-5-6-14-11(13)16-9/h5-6,8H,7H2,1-4H3,(H,14,15,16)/t8-/m1/s1. The molecule has 0 aromatic carbocycles. The molecule has 1 aromatic rings. The third-order valence-electron chi connectivity index (χ3n) is 2.59. The third kappa shape index (κ3) is 4.49. The molecule has 0 unspecified atom stereocenters. The second-order valence-corrected chi connectivity index (χ2v) is 5.39. The third-order valence-corrected chi connectivity index (χ3v) is 2.77. The van der Waals surface area contributed by atoms with Crippen LogP contribution in [0.3, 0.4) is 0 Å². The van der Waals surface area contributed by atoms with Gasteiger partial charge in [-0.2, -0.15) is 0 Å². The van der Waals surface area contributed by atoms with E-state index in [0.29, 0.717) is 5.82 Å². The van der Waals surface area contributed by atoms with Gasteiger partial charge in [0.15, 0.2) is 0 Å². The Kier molecular flexibility index (Phi) is 4.90. The summed E-state index contributed by atoms with van der Waals surface area (Å²) in [4.78, 5) is 19.3. The van der Waals surface area contributed by atoms with E-state index < -0.39 is 0 Å². The molecule has 0 fully saturated rings. The fourth-order valence-electron chi connectivity index (χ4n) is 1.42. The highest BCUT2D eigenvalue weighted by molar-refractivity contribution is 6.28. The van der Waals surface area contributed by atoms with E-state index in [1.54, 1.807) is 12.3 Å². The van der Waals surface area contributed by atoms with Crippen molar-refractivity contribution < 1.29 is 9.53 Å². The fourth-order valence-corrected chi connectivity index (χ4v) is 1.56. The predicted octanol–water partition coefficient (Wildman–Crippen LogP) is 2.52. The van der Waals surface area contributed by atoms with E-state index >= 15 is 0 Å². The van der Waals surface area contributed by atoms with Crippen LogP contribution in [0.15, 0.2) is 12.3 Å². The predicted molar refractivity (Wildman–Crippen MR) is 70.5 cm³/mol. The molecule has 0 bridgehead atoms. The number of aromatic nitrogens is 2. The zero-order valence-electron chi connectivity index (χ0n) is 11.0. The summed E-state index contributed by atoms with van der Waals surface area (Å²) in [5.74, 6) is 0.335. The number of hydrogen-bond acceptors (Lipinski definition) is 5. The highest BCUT2D eigenvalue weighted by atomic mass is 35.5. The Morgan fingerprint density at radius 2 is 2.22 bits per heavy atom. The molecule has 0 aliphatic heterocycles. The lowest BCUT2D eigenvalue weighted by molar-refractivity contribution is -0.141. The van der Waals surface area contributed by atoms with Crippen LogP contribution in [0.4, 0.5) is 5.82 Å². The van der Waals surface area contributed by atoms with Gasteiger partial charge in [-0.1, -0.05) is 20.8 Å². The minimum atomic E-state index is -0.262.